The van der Waals surface area contributed by atoms with Gasteiger partial charge in [0.25, 0.3) is 5.91 Å². The fraction of sp³-hybridized carbons (Fsp3) is 0.818. The van der Waals surface area contributed by atoms with Crippen LogP contribution in [0.25, 0.3) is 0 Å². The van der Waals surface area contributed by atoms with Crippen LogP contribution in [0.5, 0.6) is 0 Å². The first-order chi connectivity index (χ1) is 7.43. The van der Waals surface area contributed by atoms with Crippen LogP contribution in [0.3, 0.4) is 0 Å². The molecule has 2 atom stereocenters. The van der Waals surface area contributed by atoms with Gasteiger partial charge >= 0.3 is 5.97 Å². The summed E-state index contributed by atoms with van der Waals surface area (Å²) < 4.78 is 5.22. The number of ether oxygens (including phenoxy) is 1. The van der Waals surface area contributed by atoms with Gasteiger partial charge in [-0.1, -0.05) is 0 Å². The van der Waals surface area contributed by atoms with Gasteiger partial charge in [0.1, 0.15) is 5.60 Å². The van der Waals surface area contributed by atoms with E-state index in [2.05, 4.69) is 5.32 Å². The second kappa shape index (κ2) is 4.82. The topological polar surface area (TPSA) is 75.6 Å². The molecule has 0 spiro atoms. The lowest BCUT2D eigenvalue weighted by molar-refractivity contribution is -0.156. The van der Waals surface area contributed by atoms with Gasteiger partial charge in [-0.3, -0.25) is 9.59 Å². The van der Waals surface area contributed by atoms with Crippen LogP contribution in [0, 0.1) is 5.92 Å². The van der Waals surface area contributed by atoms with Gasteiger partial charge in [0.05, 0.1) is 5.92 Å². The first kappa shape index (κ1) is 13.0. The third-order valence-electron chi connectivity index (χ3n) is 3.46. The van der Waals surface area contributed by atoms with Crippen molar-refractivity contribution in [3.63, 3.8) is 0 Å². The predicted molar refractivity (Wildman–Crippen MR) is 58.0 cm³/mol. The molecular formula is C11H19NO4. The molecular weight excluding hydrogens is 210 g/mol. The SMILES string of the molecule is COC1(C(=O)NC(C)C(C)C(=O)O)CCC1. The maximum atomic E-state index is 11.9. The van der Waals surface area contributed by atoms with Gasteiger partial charge in [-0.15, -0.1) is 0 Å². The van der Waals surface area contributed by atoms with E-state index in [0.717, 1.165) is 6.42 Å². The summed E-state index contributed by atoms with van der Waals surface area (Å²) in [4.78, 5) is 22.6. The van der Waals surface area contributed by atoms with Crippen LogP contribution in [0.1, 0.15) is 33.1 Å². The van der Waals surface area contributed by atoms with Crippen molar-refractivity contribution < 1.29 is 19.4 Å². The third-order valence-corrected chi connectivity index (χ3v) is 3.46. The first-order valence-electron chi connectivity index (χ1n) is 5.52. The van der Waals surface area contributed by atoms with Crippen molar-refractivity contribution in [3.05, 3.63) is 0 Å². The standard InChI is InChI=1S/C11H19NO4/c1-7(9(13)14)8(2)12-10(15)11(16-3)5-4-6-11/h7-8H,4-6H2,1-3H3,(H,12,15)(H,13,14). The largest absolute Gasteiger partial charge is 0.481 e. The second-order valence-corrected chi connectivity index (χ2v) is 4.44. The summed E-state index contributed by atoms with van der Waals surface area (Å²) in [6.45, 7) is 3.27. The number of hydrogen-bond donors (Lipinski definition) is 2. The van der Waals surface area contributed by atoms with E-state index >= 15 is 0 Å². The molecule has 0 aliphatic heterocycles. The Morgan fingerprint density at radius 3 is 2.25 bits per heavy atom. The summed E-state index contributed by atoms with van der Waals surface area (Å²) in [7, 11) is 1.52. The van der Waals surface area contributed by atoms with Gasteiger partial charge in [-0.05, 0) is 33.1 Å². The molecule has 1 rings (SSSR count). The molecule has 0 heterocycles. The summed E-state index contributed by atoms with van der Waals surface area (Å²) >= 11 is 0. The van der Waals surface area contributed by atoms with Crippen molar-refractivity contribution in [1.29, 1.82) is 0 Å². The summed E-state index contributed by atoms with van der Waals surface area (Å²) in [6, 6.07) is -0.391. The lowest BCUT2D eigenvalue weighted by Gasteiger charge is -2.39. The molecule has 0 bridgehead atoms. The van der Waals surface area contributed by atoms with Crippen molar-refractivity contribution >= 4 is 11.9 Å². The van der Waals surface area contributed by atoms with Crippen molar-refractivity contribution in [1.82, 2.24) is 5.32 Å². The Hall–Kier alpha value is -1.10. The van der Waals surface area contributed by atoms with E-state index < -0.39 is 23.5 Å². The van der Waals surface area contributed by atoms with Crippen molar-refractivity contribution in [2.45, 2.75) is 44.8 Å². The summed E-state index contributed by atoms with van der Waals surface area (Å²) in [5, 5.41) is 11.5. The minimum absolute atomic E-state index is 0.193. The van der Waals surface area contributed by atoms with Gasteiger partial charge in [0.15, 0.2) is 0 Å². The molecule has 0 aromatic heterocycles. The summed E-state index contributed by atoms with van der Waals surface area (Å²) in [5.74, 6) is -1.70. The Morgan fingerprint density at radius 2 is 1.94 bits per heavy atom. The zero-order valence-corrected chi connectivity index (χ0v) is 9.95. The molecule has 0 saturated heterocycles. The molecule has 1 aliphatic rings. The molecule has 1 saturated carbocycles. The molecule has 1 fully saturated rings. The Balaban J connectivity index is 2.54. The number of methoxy groups -OCH3 is 1. The fourth-order valence-corrected chi connectivity index (χ4v) is 1.70. The van der Waals surface area contributed by atoms with Gasteiger partial charge in [0, 0.05) is 13.2 Å². The smallest absolute Gasteiger partial charge is 0.308 e. The van der Waals surface area contributed by atoms with Crippen LogP contribution in [0.2, 0.25) is 0 Å². The summed E-state index contributed by atoms with van der Waals surface area (Å²) in [6.07, 6.45) is 2.40. The van der Waals surface area contributed by atoms with Gasteiger partial charge in [0.2, 0.25) is 0 Å². The maximum Gasteiger partial charge on any atom is 0.308 e. The van der Waals surface area contributed by atoms with Gasteiger partial charge in [-0.25, -0.2) is 0 Å². The normalized spacial score (nSPS) is 21.7. The van der Waals surface area contributed by atoms with Crippen molar-refractivity contribution in [2.75, 3.05) is 7.11 Å². The highest BCUT2D eigenvalue weighted by Gasteiger charge is 2.45. The van der Waals surface area contributed by atoms with Crippen LogP contribution in [0.4, 0.5) is 0 Å². The van der Waals surface area contributed by atoms with E-state index in [-0.39, 0.29) is 5.91 Å². The van der Waals surface area contributed by atoms with E-state index in [1.54, 1.807) is 13.8 Å². The third kappa shape index (κ3) is 2.35. The quantitative estimate of drug-likeness (QED) is 0.730. The number of nitrogens with one attached hydrogen (secondary N) is 1. The zero-order chi connectivity index (χ0) is 12.3. The van der Waals surface area contributed by atoms with Crippen LogP contribution < -0.4 is 5.32 Å². The molecule has 0 aromatic rings. The molecule has 92 valence electrons. The van der Waals surface area contributed by atoms with Crippen molar-refractivity contribution in [3.8, 4) is 0 Å². The predicted octanol–water partition coefficient (Wildman–Crippen LogP) is 0.781. The highest BCUT2D eigenvalue weighted by molar-refractivity contribution is 5.87. The number of aliphatic carboxylic acids is 1. The number of carbonyl (C=O) groups excluding carboxylic acids is 1. The molecule has 5 nitrogen and oxygen atoms in total. The maximum absolute atomic E-state index is 11.9. The Kier molecular flexibility index (Phi) is 3.91. The molecule has 0 aromatic carbocycles. The lowest BCUT2D eigenvalue weighted by Crippen LogP contribution is -2.56. The van der Waals surface area contributed by atoms with E-state index in [4.69, 9.17) is 9.84 Å². The number of rotatable bonds is 5. The zero-order valence-electron chi connectivity index (χ0n) is 9.95. The van der Waals surface area contributed by atoms with Gasteiger partial charge < -0.3 is 15.2 Å². The average molecular weight is 229 g/mol. The van der Waals surface area contributed by atoms with Gasteiger partial charge in [-0.2, -0.15) is 0 Å². The monoisotopic (exact) mass is 229 g/mol. The van der Waals surface area contributed by atoms with E-state index in [0.29, 0.717) is 12.8 Å². The Morgan fingerprint density at radius 1 is 1.38 bits per heavy atom. The highest BCUT2D eigenvalue weighted by atomic mass is 16.5. The highest BCUT2D eigenvalue weighted by Crippen LogP contribution is 2.35. The lowest BCUT2D eigenvalue weighted by atomic mass is 9.79. The number of carbonyl (C=O) groups is 2. The van der Waals surface area contributed by atoms with Crippen molar-refractivity contribution in [2.24, 2.45) is 5.92 Å². The Bertz CT molecular complexity index is 280. The van der Waals surface area contributed by atoms with Crippen LogP contribution in [-0.4, -0.2) is 35.7 Å². The molecule has 5 heteroatoms. The molecule has 2 N–H and O–H groups in total. The van der Waals surface area contributed by atoms with Crippen LogP contribution in [-0.2, 0) is 14.3 Å². The average Bonchev–Trinajstić information content (AvgIpc) is 2.15. The fourth-order valence-electron chi connectivity index (χ4n) is 1.70. The molecule has 0 radical (unpaired) electrons. The minimum atomic E-state index is -0.909. The van der Waals surface area contributed by atoms with Crippen LogP contribution in [0.15, 0.2) is 0 Å². The molecule has 1 amide bonds. The Labute approximate surface area is 95.2 Å². The summed E-state index contributed by atoms with van der Waals surface area (Å²) in [5.41, 5.74) is -0.716. The van der Waals surface area contributed by atoms with E-state index in [1.807, 2.05) is 0 Å². The van der Waals surface area contributed by atoms with Crippen LogP contribution >= 0.6 is 0 Å². The number of hydrogen-bond acceptors (Lipinski definition) is 3. The first-order valence-corrected chi connectivity index (χ1v) is 5.52. The number of amides is 1. The number of carboxylic acid groups (broad SMARTS) is 1. The van der Waals surface area contributed by atoms with E-state index in [1.165, 1.54) is 7.11 Å². The molecule has 16 heavy (non-hydrogen) atoms. The number of carboxylic acids is 1. The minimum Gasteiger partial charge on any atom is -0.481 e. The molecule has 1 aliphatic carbocycles. The van der Waals surface area contributed by atoms with E-state index in [9.17, 15) is 9.59 Å². The second-order valence-electron chi connectivity index (χ2n) is 4.44. The molecule has 2 unspecified atom stereocenters.